The third-order valence-corrected chi connectivity index (χ3v) is 3.05. The highest BCUT2D eigenvalue weighted by atomic mass is 19.1. The maximum atomic E-state index is 13.7. The van der Waals surface area contributed by atoms with E-state index in [9.17, 15) is 9.18 Å². The number of rotatable bonds is 7. The first kappa shape index (κ1) is 16.3. The topological polar surface area (TPSA) is 50.4 Å². The Hall–Kier alpha value is -1.78. The summed E-state index contributed by atoms with van der Waals surface area (Å²) in [5, 5.41) is 5.76. The highest BCUT2D eigenvalue weighted by Gasteiger charge is 2.16. The number of methoxy groups -OCH3 is 1. The SMILES string of the molecule is CCCC(C)NC(=O)C(C)Nc1cc(OC)ccc1F. The molecule has 0 fully saturated rings. The van der Waals surface area contributed by atoms with Gasteiger partial charge in [-0.2, -0.15) is 0 Å². The number of hydrogen-bond donors (Lipinski definition) is 2. The normalized spacial score (nSPS) is 13.4. The van der Waals surface area contributed by atoms with Crippen molar-refractivity contribution >= 4 is 11.6 Å². The van der Waals surface area contributed by atoms with Gasteiger partial charge in [-0.1, -0.05) is 13.3 Å². The van der Waals surface area contributed by atoms with Crippen LogP contribution in [0.5, 0.6) is 5.75 Å². The molecule has 0 bridgehead atoms. The van der Waals surface area contributed by atoms with Crippen LogP contribution in [-0.4, -0.2) is 25.1 Å². The van der Waals surface area contributed by atoms with Gasteiger partial charge >= 0.3 is 0 Å². The second-order valence-corrected chi connectivity index (χ2v) is 4.91. The fraction of sp³-hybridized carbons (Fsp3) is 0.533. The minimum absolute atomic E-state index is 0.118. The van der Waals surface area contributed by atoms with Crippen molar-refractivity contribution in [1.29, 1.82) is 0 Å². The number of amides is 1. The van der Waals surface area contributed by atoms with E-state index in [0.717, 1.165) is 12.8 Å². The summed E-state index contributed by atoms with van der Waals surface area (Å²) in [6.07, 6.45) is 1.93. The Morgan fingerprint density at radius 3 is 2.70 bits per heavy atom. The molecule has 1 rings (SSSR count). The summed E-state index contributed by atoms with van der Waals surface area (Å²) in [7, 11) is 1.51. The minimum Gasteiger partial charge on any atom is -0.497 e. The Bertz CT molecular complexity index is 451. The summed E-state index contributed by atoms with van der Waals surface area (Å²) in [5.41, 5.74) is 0.259. The second-order valence-electron chi connectivity index (χ2n) is 4.91. The van der Waals surface area contributed by atoms with Gasteiger partial charge in [0.05, 0.1) is 12.8 Å². The lowest BCUT2D eigenvalue weighted by molar-refractivity contribution is -0.122. The number of nitrogens with one attached hydrogen (secondary N) is 2. The number of carbonyl (C=O) groups is 1. The van der Waals surface area contributed by atoms with Gasteiger partial charge in [-0.15, -0.1) is 0 Å². The Labute approximate surface area is 119 Å². The fourth-order valence-corrected chi connectivity index (χ4v) is 1.91. The van der Waals surface area contributed by atoms with Gasteiger partial charge < -0.3 is 15.4 Å². The van der Waals surface area contributed by atoms with Crippen LogP contribution < -0.4 is 15.4 Å². The molecule has 0 radical (unpaired) electrons. The van der Waals surface area contributed by atoms with Crippen LogP contribution in [0.4, 0.5) is 10.1 Å². The van der Waals surface area contributed by atoms with E-state index in [1.54, 1.807) is 6.92 Å². The predicted octanol–water partition coefficient (Wildman–Crippen LogP) is 2.94. The van der Waals surface area contributed by atoms with Crippen LogP contribution in [0.25, 0.3) is 0 Å². The summed E-state index contributed by atoms with van der Waals surface area (Å²) in [5.74, 6) is -0.0129. The Morgan fingerprint density at radius 2 is 2.10 bits per heavy atom. The first-order chi connectivity index (χ1) is 9.47. The average molecular weight is 282 g/mol. The Kier molecular flexibility index (Phi) is 6.28. The molecule has 0 saturated carbocycles. The standard InChI is InChI=1S/C15H23FN2O2/c1-5-6-10(2)17-15(19)11(3)18-14-9-12(20-4)7-8-13(14)16/h7-11,18H,5-6H2,1-4H3,(H,17,19). The number of anilines is 1. The third-order valence-electron chi connectivity index (χ3n) is 3.05. The fourth-order valence-electron chi connectivity index (χ4n) is 1.91. The Balaban J connectivity index is 2.65. The lowest BCUT2D eigenvalue weighted by Crippen LogP contribution is -2.42. The van der Waals surface area contributed by atoms with Crippen molar-refractivity contribution in [3.63, 3.8) is 0 Å². The van der Waals surface area contributed by atoms with E-state index in [2.05, 4.69) is 17.6 Å². The number of halogens is 1. The molecule has 1 aromatic rings. The van der Waals surface area contributed by atoms with Crippen molar-refractivity contribution in [3.05, 3.63) is 24.0 Å². The number of ether oxygens (including phenoxy) is 1. The molecule has 0 aromatic heterocycles. The molecule has 4 nitrogen and oxygen atoms in total. The van der Waals surface area contributed by atoms with Gasteiger partial charge in [-0.25, -0.2) is 4.39 Å². The zero-order valence-electron chi connectivity index (χ0n) is 12.5. The highest BCUT2D eigenvalue weighted by Crippen LogP contribution is 2.21. The number of carbonyl (C=O) groups excluding carboxylic acids is 1. The molecule has 0 heterocycles. The van der Waals surface area contributed by atoms with Crippen molar-refractivity contribution in [1.82, 2.24) is 5.32 Å². The molecule has 2 atom stereocenters. The second kappa shape index (κ2) is 7.72. The summed E-state index contributed by atoms with van der Waals surface area (Å²) < 4.78 is 18.7. The molecule has 0 aliphatic heterocycles. The maximum absolute atomic E-state index is 13.7. The molecule has 1 aromatic carbocycles. The predicted molar refractivity (Wildman–Crippen MR) is 78.5 cm³/mol. The van der Waals surface area contributed by atoms with Gasteiger partial charge in [-0.05, 0) is 32.4 Å². The molecule has 5 heteroatoms. The maximum Gasteiger partial charge on any atom is 0.242 e. The average Bonchev–Trinajstić information content (AvgIpc) is 2.41. The van der Waals surface area contributed by atoms with Crippen molar-refractivity contribution in [2.24, 2.45) is 0 Å². The molecule has 20 heavy (non-hydrogen) atoms. The zero-order chi connectivity index (χ0) is 15.1. The zero-order valence-corrected chi connectivity index (χ0v) is 12.5. The molecule has 0 saturated heterocycles. The third kappa shape index (κ3) is 4.72. The van der Waals surface area contributed by atoms with Gasteiger partial charge in [-0.3, -0.25) is 4.79 Å². The molecular weight excluding hydrogens is 259 g/mol. The van der Waals surface area contributed by atoms with E-state index in [1.807, 2.05) is 6.92 Å². The smallest absolute Gasteiger partial charge is 0.242 e. The van der Waals surface area contributed by atoms with Crippen LogP contribution in [0.15, 0.2) is 18.2 Å². The summed E-state index contributed by atoms with van der Waals surface area (Å²) in [6.45, 7) is 5.73. The van der Waals surface area contributed by atoms with Crippen LogP contribution in [0.3, 0.4) is 0 Å². The van der Waals surface area contributed by atoms with Crippen molar-refractivity contribution < 1.29 is 13.9 Å². The molecule has 0 spiro atoms. The summed E-state index contributed by atoms with van der Waals surface area (Å²) in [6, 6.07) is 3.98. The van der Waals surface area contributed by atoms with E-state index < -0.39 is 11.9 Å². The first-order valence-electron chi connectivity index (χ1n) is 6.88. The monoisotopic (exact) mass is 282 g/mol. The Morgan fingerprint density at radius 1 is 1.40 bits per heavy atom. The van der Waals surface area contributed by atoms with Crippen LogP contribution in [0.1, 0.15) is 33.6 Å². The largest absolute Gasteiger partial charge is 0.497 e. The van der Waals surface area contributed by atoms with Gasteiger partial charge in [0.15, 0.2) is 0 Å². The van der Waals surface area contributed by atoms with Crippen LogP contribution in [0.2, 0.25) is 0 Å². The summed E-state index contributed by atoms with van der Waals surface area (Å²) in [4.78, 5) is 12.0. The van der Waals surface area contributed by atoms with Crippen LogP contribution in [-0.2, 0) is 4.79 Å². The highest BCUT2D eigenvalue weighted by molar-refractivity contribution is 5.84. The van der Waals surface area contributed by atoms with E-state index in [-0.39, 0.29) is 17.6 Å². The van der Waals surface area contributed by atoms with Gasteiger partial charge in [0.25, 0.3) is 0 Å². The van der Waals surface area contributed by atoms with E-state index in [4.69, 9.17) is 4.74 Å². The lowest BCUT2D eigenvalue weighted by Gasteiger charge is -2.19. The van der Waals surface area contributed by atoms with Crippen LogP contribution in [0, 0.1) is 5.82 Å². The first-order valence-corrected chi connectivity index (χ1v) is 6.88. The molecule has 2 unspecified atom stereocenters. The number of benzene rings is 1. The molecule has 1 amide bonds. The lowest BCUT2D eigenvalue weighted by atomic mass is 10.2. The van der Waals surface area contributed by atoms with Crippen molar-refractivity contribution in [2.45, 2.75) is 45.7 Å². The van der Waals surface area contributed by atoms with Gasteiger partial charge in [0.1, 0.15) is 17.6 Å². The minimum atomic E-state index is -0.518. The van der Waals surface area contributed by atoms with Crippen molar-refractivity contribution in [2.75, 3.05) is 12.4 Å². The van der Waals surface area contributed by atoms with Gasteiger partial charge in [0, 0.05) is 12.1 Å². The van der Waals surface area contributed by atoms with Crippen molar-refractivity contribution in [3.8, 4) is 5.75 Å². The summed E-state index contributed by atoms with van der Waals surface area (Å²) >= 11 is 0. The molecule has 2 N–H and O–H groups in total. The van der Waals surface area contributed by atoms with E-state index in [1.165, 1.54) is 25.3 Å². The van der Waals surface area contributed by atoms with Crippen LogP contribution >= 0.6 is 0 Å². The van der Waals surface area contributed by atoms with E-state index >= 15 is 0 Å². The molecule has 0 aliphatic rings. The van der Waals surface area contributed by atoms with Gasteiger partial charge in [0.2, 0.25) is 5.91 Å². The quantitative estimate of drug-likeness (QED) is 0.808. The van der Waals surface area contributed by atoms with E-state index in [0.29, 0.717) is 5.75 Å². The number of hydrogen-bond acceptors (Lipinski definition) is 3. The molecular formula is C15H23FN2O2. The molecule has 0 aliphatic carbocycles. The molecule has 112 valence electrons.